The number of hydrogen-bond acceptors (Lipinski definition) is 5. The quantitative estimate of drug-likeness (QED) is 0.566. The minimum Gasteiger partial charge on any atom is -0.465 e. The Morgan fingerprint density at radius 3 is 2.60 bits per heavy atom. The molecule has 1 atom stereocenters. The van der Waals surface area contributed by atoms with E-state index < -0.39 is 21.7 Å². The Kier molecular flexibility index (Phi) is 6.46. The average molecular weight is 238 g/mol. The van der Waals surface area contributed by atoms with Crippen LogP contribution in [0.3, 0.4) is 0 Å². The maximum Gasteiger partial charge on any atom is 0.322 e. The molecule has 0 fully saturated rings. The van der Waals surface area contributed by atoms with Crippen LogP contribution in [0, 0.1) is 0 Å². The van der Waals surface area contributed by atoms with E-state index in [-0.39, 0.29) is 19.2 Å². The number of rotatable bonds is 7. The van der Waals surface area contributed by atoms with Crippen LogP contribution in [0.5, 0.6) is 0 Å². The van der Waals surface area contributed by atoms with Crippen LogP contribution in [0.4, 0.5) is 0 Å². The molecule has 0 aliphatic carbocycles. The van der Waals surface area contributed by atoms with Crippen molar-refractivity contribution >= 4 is 16.0 Å². The van der Waals surface area contributed by atoms with Gasteiger partial charge in [0.15, 0.2) is 5.75 Å². The summed E-state index contributed by atoms with van der Waals surface area (Å²) in [5, 5.41) is 0. The van der Waals surface area contributed by atoms with E-state index in [1.54, 1.807) is 13.8 Å². The molecule has 0 aromatic rings. The molecular formula is C8H18N2O4S. The van der Waals surface area contributed by atoms with E-state index in [1.165, 1.54) is 0 Å². The highest BCUT2D eigenvalue weighted by Gasteiger charge is 2.16. The van der Waals surface area contributed by atoms with Crippen molar-refractivity contribution in [3.8, 4) is 0 Å². The number of esters is 1. The van der Waals surface area contributed by atoms with Gasteiger partial charge in [0, 0.05) is 12.6 Å². The van der Waals surface area contributed by atoms with Crippen molar-refractivity contribution in [1.82, 2.24) is 4.72 Å². The zero-order chi connectivity index (χ0) is 11.9. The molecule has 0 aliphatic heterocycles. The van der Waals surface area contributed by atoms with Crippen molar-refractivity contribution in [1.29, 1.82) is 0 Å². The highest BCUT2D eigenvalue weighted by atomic mass is 32.2. The third-order valence-corrected chi connectivity index (χ3v) is 2.79. The second kappa shape index (κ2) is 6.76. The summed E-state index contributed by atoms with van der Waals surface area (Å²) in [6.45, 7) is 3.81. The van der Waals surface area contributed by atoms with Gasteiger partial charge in [-0.1, -0.05) is 0 Å². The zero-order valence-electron chi connectivity index (χ0n) is 9.02. The number of carbonyl (C=O) groups excluding carboxylic acids is 1. The summed E-state index contributed by atoms with van der Waals surface area (Å²) in [6, 6.07) is -0.0738. The number of nitrogens with one attached hydrogen (secondary N) is 1. The van der Waals surface area contributed by atoms with Crippen molar-refractivity contribution in [2.45, 2.75) is 26.3 Å². The Hall–Kier alpha value is -0.660. The molecule has 90 valence electrons. The van der Waals surface area contributed by atoms with Gasteiger partial charge in [-0.2, -0.15) is 0 Å². The van der Waals surface area contributed by atoms with Gasteiger partial charge in [-0.3, -0.25) is 4.79 Å². The smallest absolute Gasteiger partial charge is 0.322 e. The average Bonchev–Trinajstić information content (AvgIpc) is 2.01. The normalized spacial score (nSPS) is 13.5. The Balaban J connectivity index is 3.92. The van der Waals surface area contributed by atoms with Gasteiger partial charge in [0.1, 0.15) is 0 Å². The number of sulfonamides is 1. The molecule has 7 heteroatoms. The van der Waals surface area contributed by atoms with E-state index in [1.807, 2.05) is 0 Å². The fourth-order valence-corrected chi connectivity index (χ4v) is 1.78. The van der Waals surface area contributed by atoms with Gasteiger partial charge in [0.05, 0.1) is 6.61 Å². The molecule has 3 N–H and O–H groups in total. The standard InChI is InChI=1S/C8H18N2O4S/c1-3-14-8(11)6-15(12,13)10-5-4-7(2)9/h7,10H,3-6,9H2,1-2H3. The molecule has 0 radical (unpaired) electrons. The molecule has 0 rings (SSSR count). The van der Waals surface area contributed by atoms with Gasteiger partial charge in [-0.25, -0.2) is 13.1 Å². The monoisotopic (exact) mass is 238 g/mol. The molecule has 15 heavy (non-hydrogen) atoms. The van der Waals surface area contributed by atoms with Gasteiger partial charge >= 0.3 is 5.97 Å². The molecule has 0 saturated carbocycles. The highest BCUT2D eigenvalue weighted by Crippen LogP contribution is 1.90. The van der Waals surface area contributed by atoms with Gasteiger partial charge in [-0.15, -0.1) is 0 Å². The van der Waals surface area contributed by atoms with Gasteiger partial charge in [0.25, 0.3) is 0 Å². The molecule has 0 aromatic heterocycles. The van der Waals surface area contributed by atoms with Crippen LogP contribution in [0.1, 0.15) is 20.3 Å². The van der Waals surface area contributed by atoms with E-state index in [0.29, 0.717) is 6.42 Å². The summed E-state index contributed by atoms with van der Waals surface area (Å²) in [4.78, 5) is 10.9. The van der Waals surface area contributed by atoms with E-state index in [4.69, 9.17) is 5.73 Å². The van der Waals surface area contributed by atoms with Crippen molar-refractivity contribution in [2.24, 2.45) is 5.73 Å². The molecule has 0 amide bonds. The predicted molar refractivity (Wildman–Crippen MR) is 56.7 cm³/mol. The number of nitrogens with two attached hydrogens (primary N) is 1. The van der Waals surface area contributed by atoms with Crippen molar-refractivity contribution in [2.75, 3.05) is 18.9 Å². The predicted octanol–water partition coefficient (Wildman–Crippen LogP) is -0.794. The minimum absolute atomic E-state index is 0.0738. The Morgan fingerprint density at radius 1 is 1.53 bits per heavy atom. The molecule has 0 aliphatic rings. The minimum atomic E-state index is -3.58. The molecule has 0 saturated heterocycles. The Morgan fingerprint density at radius 2 is 2.13 bits per heavy atom. The van der Waals surface area contributed by atoms with Crippen LogP contribution >= 0.6 is 0 Å². The van der Waals surface area contributed by atoms with Crippen LogP contribution in [-0.4, -0.2) is 39.3 Å². The molecule has 0 spiro atoms. The Labute approximate surface area is 90.2 Å². The maximum atomic E-state index is 11.2. The van der Waals surface area contributed by atoms with Crippen LogP contribution in [0.2, 0.25) is 0 Å². The lowest BCUT2D eigenvalue weighted by atomic mass is 10.3. The molecule has 6 nitrogen and oxygen atoms in total. The molecule has 0 heterocycles. The van der Waals surface area contributed by atoms with Gasteiger partial charge in [-0.05, 0) is 20.3 Å². The van der Waals surface area contributed by atoms with Crippen LogP contribution < -0.4 is 10.5 Å². The van der Waals surface area contributed by atoms with Gasteiger partial charge in [0.2, 0.25) is 10.0 Å². The molecular weight excluding hydrogens is 220 g/mol. The van der Waals surface area contributed by atoms with Crippen molar-refractivity contribution < 1.29 is 17.9 Å². The molecule has 0 aromatic carbocycles. The second-order valence-corrected chi connectivity index (χ2v) is 5.03. The van der Waals surface area contributed by atoms with Crippen molar-refractivity contribution in [3.05, 3.63) is 0 Å². The summed E-state index contributed by atoms with van der Waals surface area (Å²) >= 11 is 0. The van der Waals surface area contributed by atoms with Crippen LogP contribution in [-0.2, 0) is 19.6 Å². The summed E-state index contributed by atoms with van der Waals surface area (Å²) in [7, 11) is -3.58. The fraction of sp³-hybridized carbons (Fsp3) is 0.875. The van der Waals surface area contributed by atoms with E-state index in [9.17, 15) is 13.2 Å². The summed E-state index contributed by atoms with van der Waals surface area (Å²) in [6.07, 6.45) is 0.530. The molecule has 0 bridgehead atoms. The van der Waals surface area contributed by atoms with E-state index >= 15 is 0 Å². The largest absolute Gasteiger partial charge is 0.465 e. The summed E-state index contributed by atoms with van der Waals surface area (Å²) < 4.78 is 29.3. The van der Waals surface area contributed by atoms with E-state index in [0.717, 1.165) is 0 Å². The SMILES string of the molecule is CCOC(=O)CS(=O)(=O)NCCC(C)N. The second-order valence-electron chi connectivity index (χ2n) is 3.22. The molecule has 1 unspecified atom stereocenters. The lowest BCUT2D eigenvalue weighted by Crippen LogP contribution is -2.33. The first kappa shape index (κ1) is 14.3. The van der Waals surface area contributed by atoms with E-state index in [2.05, 4.69) is 9.46 Å². The van der Waals surface area contributed by atoms with Gasteiger partial charge < -0.3 is 10.5 Å². The highest BCUT2D eigenvalue weighted by molar-refractivity contribution is 7.90. The third-order valence-electron chi connectivity index (χ3n) is 1.53. The first-order chi connectivity index (χ1) is 6.87. The topological polar surface area (TPSA) is 98.5 Å². The first-order valence-electron chi connectivity index (χ1n) is 4.76. The summed E-state index contributed by atoms with van der Waals surface area (Å²) in [5.41, 5.74) is 5.44. The fourth-order valence-electron chi connectivity index (χ4n) is 0.851. The number of hydrogen-bond donors (Lipinski definition) is 2. The maximum absolute atomic E-state index is 11.2. The number of carbonyl (C=O) groups is 1. The van der Waals surface area contributed by atoms with Crippen molar-refractivity contribution in [3.63, 3.8) is 0 Å². The van der Waals surface area contributed by atoms with Crippen LogP contribution in [0.25, 0.3) is 0 Å². The Bertz CT molecular complexity index is 287. The van der Waals surface area contributed by atoms with Crippen LogP contribution in [0.15, 0.2) is 0 Å². The number of ether oxygens (including phenoxy) is 1. The zero-order valence-corrected chi connectivity index (χ0v) is 9.84. The summed E-state index contributed by atoms with van der Waals surface area (Å²) in [5.74, 6) is -1.38. The lowest BCUT2D eigenvalue weighted by Gasteiger charge is -2.07. The lowest BCUT2D eigenvalue weighted by molar-refractivity contribution is -0.139. The third kappa shape index (κ3) is 8.34. The first-order valence-corrected chi connectivity index (χ1v) is 6.41.